The van der Waals surface area contributed by atoms with Crippen molar-refractivity contribution in [3.8, 4) is 11.5 Å². The SMILES string of the molecule is COc1ccc(S(=O)(=O)N2CCC(C(=O)NC3CCCC(C)C3C)CC2)cc1OC. The molecule has 1 N–H and O–H groups in total. The van der Waals surface area contributed by atoms with Gasteiger partial charge >= 0.3 is 0 Å². The van der Waals surface area contributed by atoms with Gasteiger partial charge in [-0.15, -0.1) is 0 Å². The van der Waals surface area contributed by atoms with E-state index in [0.29, 0.717) is 49.3 Å². The number of carbonyl (C=O) groups excluding carboxylic acids is 1. The highest BCUT2D eigenvalue weighted by Gasteiger charge is 2.35. The van der Waals surface area contributed by atoms with E-state index in [9.17, 15) is 13.2 Å². The fourth-order valence-corrected chi connectivity index (χ4v) is 6.06. The number of ether oxygens (including phenoxy) is 2. The molecule has 3 atom stereocenters. The average molecular weight is 439 g/mol. The van der Waals surface area contributed by atoms with Gasteiger partial charge in [0.15, 0.2) is 11.5 Å². The second-order valence-electron chi connectivity index (χ2n) is 8.58. The Hall–Kier alpha value is -1.80. The lowest BCUT2D eigenvalue weighted by Crippen LogP contribution is -2.48. The van der Waals surface area contributed by atoms with Crippen LogP contribution >= 0.6 is 0 Å². The van der Waals surface area contributed by atoms with E-state index < -0.39 is 10.0 Å². The summed E-state index contributed by atoms with van der Waals surface area (Å²) in [6, 6.07) is 4.84. The molecular weight excluding hydrogens is 404 g/mol. The Morgan fingerprint density at radius 2 is 1.70 bits per heavy atom. The molecule has 168 valence electrons. The summed E-state index contributed by atoms with van der Waals surface area (Å²) in [6.45, 7) is 5.14. The van der Waals surface area contributed by atoms with Gasteiger partial charge in [0.05, 0.1) is 19.1 Å². The summed E-state index contributed by atoms with van der Waals surface area (Å²) in [5.74, 6) is 1.91. The fourth-order valence-electron chi connectivity index (χ4n) is 4.57. The maximum absolute atomic E-state index is 13.1. The molecule has 0 aromatic heterocycles. The minimum absolute atomic E-state index is 0.0733. The molecule has 30 heavy (non-hydrogen) atoms. The van der Waals surface area contributed by atoms with Crippen LogP contribution in [0.5, 0.6) is 11.5 Å². The van der Waals surface area contributed by atoms with Crippen molar-refractivity contribution in [3.05, 3.63) is 18.2 Å². The van der Waals surface area contributed by atoms with Crippen molar-refractivity contribution >= 4 is 15.9 Å². The molecule has 1 aliphatic carbocycles. The van der Waals surface area contributed by atoms with E-state index in [2.05, 4.69) is 19.2 Å². The molecule has 1 aromatic rings. The van der Waals surface area contributed by atoms with Crippen LogP contribution in [-0.2, 0) is 14.8 Å². The molecule has 2 aliphatic rings. The summed E-state index contributed by atoms with van der Waals surface area (Å²) in [6.07, 6.45) is 4.48. The lowest BCUT2D eigenvalue weighted by Gasteiger charge is -2.36. The Morgan fingerprint density at radius 1 is 1.03 bits per heavy atom. The number of hydrogen-bond donors (Lipinski definition) is 1. The third-order valence-electron chi connectivity index (χ3n) is 6.85. The molecular formula is C22H34N2O5S. The Balaban J connectivity index is 1.61. The first-order chi connectivity index (χ1) is 14.3. The van der Waals surface area contributed by atoms with Gasteiger partial charge in [-0.25, -0.2) is 8.42 Å². The Morgan fingerprint density at radius 3 is 2.33 bits per heavy atom. The molecule has 2 fully saturated rings. The van der Waals surface area contributed by atoms with Crippen molar-refractivity contribution in [2.24, 2.45) is 17.8 Å². The van der Waals surface area contributed by atoms with Crippen LogP contribution in [0.25, 0.3) is 0 Å². The van der Waals surface area contributed by atoms with Gasteiger partial charge in [0.1, 0.15) is 0 Å². The maximum Gasteiger partial charge on any atom is 0.243 e. The van der Waals surface area contributed by atoms with Crippen LogP contribution in [0.1, 0.15) is 46.0 Å². The number of sulfonamides is 1. The Labute approximate surface area is 180 Å². The number of piperidine rings is 1. The number of nitrogens with one attached hydrogen (secondary N) is 1. The van der Waals surface area contributed by atoms with Gasteiger partial charge in [0.2, 0.25) is 15.9 Å². The first-order valence-electron chi connectivity index (χ1n) is 10.8. The van der Waals surface area contributed by atoms with E-state index in [4.69, 9.17) is 9.47 Å². The Bertz CT molecular complexity index is 849. The highest BCUT2D eigenvalue weighted by molar-refractivity contribution is 7.89. The monoisotopic (exact) mass is 438 g/mol. The number of carbonyl (C=O) groups is 1. The maximum atomic E-state index is 13.1. The van der Waals surface area contributed by atoms with Gasteiger partial charge in [-0.3, -0.25) is 4.79 Å². The summed E-state index contributed by atoms with van der Waals surface area (Å²) >= 11 is 0. The van der Waals surface area contributed by atoms with Crippen molar-refractivity contribution in [1.82, 2.24) is 9.62 Å². The number of nitrogens with zero attached hydrogens (tertiary/aromatic N) is 1. The van der Waals surface area contributed by atoms with Crippen LogP contribution in [0.2, 0.25) is 0 Å². The van der Waals surface area contributed by atoms with Crippen molar-refractivity contribution in [1.29, 1.82) is 0 Å². The van der Waals surface area contributed by atoms with Crippen molar-refractivity contribution in [2.75, 3.05) is 27.3 Å². The van der Waals surface area contributed by atoms with Crippen LogP contribution < -0.4 is 14.8 Å². The lowest BCUT2D eigenvalue weighted by atomic mass is 9.78. The highest BCUT2D eigenvalue weighted by atomic mass is 32.2. The van der Waals surface area contributed by atoms with Crippen molar-refractivity contribution in [3.63, 3.8) is 0 Å². The first-order valence-corrected chi connectivity index (χ1v) is 12.2. The van der Waals surface area contributed by atoms with E-state index >= 15 is 0 Å². The number of methoxy groups -OCH3 is 2. The molecule has 1 aliphatic heterocycles. The third kappa shape index (κ3) is 4.75. The number of amides is 1. The highest BCUT2D eigenvalue weighted by Crippen LogP contribution is 2.33. The van der Waals surface area contributed by atoms with E-state index in [1.54, 1.807) is 6.07 Å². The predicted octanol–water partition coefficient (Wildman–Crippen LogP) is 3.05. The third-order valence-corrected chi connectivity index (χ3v) is 8.75. The lowest BCUT2D eigenvalue weighted by molar-refractivity contribution is -0.127. The zero-order chi connectivity index (χ0) is 21.9. The number of benzene rings is 1. The van der Waals surface area contributed by atoms with Crippen LogP contribution in [0.4, 0.5) is 0 Å². The second kappa shape index (κ2) is 9.56. The predicted molar refractivity (Wildman–Crippen MR) is 115 cm³/mol. The molecule has 0 radical (unpaired) electrons. The van der Waals surface area contributed by atoms with Gasteiger partial charge in [0.25, 0.3) is 0 Å². The van der Waals surface area contributed by atoms with Crippen LogP contribution in [-0.4, -0.2) is 52.0 Å². The van der Waals surface area contributed by atoms with Gasteiger partial charge < -0.3 is 14.8 Å². The van der Waals surface area contributed by atoms with Gasteiger partial charge in [-0.1, -0.05) is 26.7 Å². The molecule has 0 spiro atoms. The largest absolute Gasteiger partial charge is 0.493 e. The van der Waals surface area contributed by atoms with Crippen LogP contribution in [0, 0.1) is 17.8 Å². The van der Waals surface area contributed by atoms with Gasteiger partial charge in [-0.2, -0.15) is 4.31 Å². The van der Waals surface area contributed by atoms with Gasteiger partial charge in [-0.05, 0) is 43.2 Å². The van der Waals surface area contributed by atoms with E-state index in [1.807, 2.05) is 0 Å². The van der Waals surface area contributed by atoms with Crippen LogP contribution in [0.3, 0.4) is 0 Å². The normalized spacial score (nSPS) is 26.2. The summed E-state index contributed by atoms with van der Waals surface area (Å²) in [5.41, 5.74) is 0. The smallest absolute Gasteiger partial charge is 0.243 e. The zero-order valence-corrected chi connectivity index (χ0v) is 19.2. The summed E-state index contributed by atoms with van der Waals surface area (Å²) < 4.78 is 38.0. The number of hydrogen-bond acceptors (Lipinski definition) is 5. The first kappa shape index (κ1) is 22.9. The molecule has 1 aromatic carbocycles. The standard InChI is InChI=1S/C22H34N2O5S/c1-15-6-5-7-19(16(15)2)23-22(25)17-10-12-24(13-11-17)30(26,27)18-8-9-20(28-3)21(14-18)29-4/h8-9,14-17,19H,5-7,10-13H2,1-4H3,(H,23,25). The molecule has 7 nitrogen and oxygen atoms in total. The average Bonchev–Trinajstić information content (AvgIpc) is 2.76. The Kier molecular flexibility index (Phi) is 7.29. The van der Waals surface area contributed by atoms with E-state index in [-0.39, 0.29) is 22.8 Å². The van der Waals surface area contributed by atoms with E-state index in [0.717, 1.165) is 12.8 Å². The molecule has 3 rings (SSSR count). The molecule has 8 heteroatoms. The molecule has 1 amide bonds. The van der Waals surface area contributed by atoms with Gasteiger partial charge in [0, 0.05) is 31.1 Å². The fraction of sp³-hybridized carbons (Fsp3) is 0.682. The second-order valence-corrected chi connectivity index (χ2v) is 10.5. The molecule has 1 saturated heterocycles. The minimum Gasteiger partial charge on any atom is -0.493 e. The van der Waals surface area contributed by atoms with Crippen LogP contribution in [0.15, 0.2) is 23.1 Å². The van der Waals surface area contributed by atoms with E-state index in [1.165, 1.54) is 37.1 Å². The summed E-state index contributed by atoms with van der Waals surface area (Å²) in [7, 11) is -0.657. The number of rotatable bonds is 6. The van der Waals surface area contributed by atoms with Crippen molar-refractivity contribution < 1.29 is 22.7 Å². The minimum atomic E-state index is -3.65. The quantitative estimate of drug-likeness (QED) is 0.738. The molecule has 1 heterocycles. The summed E-state index contributed by atoms with van der Waals surface area (Å²) in [4.78, 5) is 13.0. The summed E-state index contributed by atoms with van der Waals surface area (Å²) in [5, 5.41) is 3.24. The topological polar surface area (TPSA) is 84.9 Å². The van der Waals surface area contributed by atoms with Crippen molar-refractivity contribution in [2.45, 2.75) is 56.9 Å². The zero-order valence-electron chi connectivity index (χ0n) is 18.4. The molecule has 0 bridgehead atoms. The molecule has 3 unspecified atom stereocenters. The molecule has 1 saturated carbocycles.